The van der Waals surface area contributed by atoms with E-state index in [1.54, 1.807) is 0 Å². The van der Waals surface area contributed by atoms with Crippen molar-refractivity contribution in [1.82, 2.24) is 5.06 Å². The van der Waals surface area contributed by atoms with Gasteiger partial charge in [-0.15, -0.1) is 5.06 Å². The van der Waals surface area contributed by atoms with Crippen molar-refractivity contribution in [2.24, 2.45) is 11.5 Å². The second kappa shape index (κ2) is 1.84. The van der Waals surface area contributed by atoms with Crippen LogP contribution in [0.25, 0.3) is 0 Å². The second-order valence-corrected chi connectivity index (χ2v) is 1.74. The van der Waals surface area contributed by atoms with Crippen molar-refractivity contribution in [2.75, 3.05) is 0 Å². The average Bonchev–Trinajstić information content (AvgIpc) is 2.07. The first-order valence-corrected chi connectivity index (χ1v) is 2.38. The molecule has 0 saturated carbocycles. The fraction of sp³-hybridized carbons (Fsp3) is 0. The molecule has 1 rings (SSSR count). The van der Waals surface area contributed by atoms with E-state index < -0.39 is 22.7 Å². The van der Waals surface area contributed by atoms with Crippen LogP contribution in [-0.2, 0) is 0 Å². The fourth-order valence-electron chi connectivity index (χ4n) is 0.551. The Bertz CT molecular complexity index is 192. The minimum atomic E-state index is -1.12. The van der Waals surface area contributed by atoms with E-state index in [0.717, 1.165) is 0 Å². The van der Waals surface area contributed by atoms with E-state index in [0.29, 0.717) is 0 Å². The quantitative estimate of drug-likeness (QED) is 0.218. The van der Waals surface area contributed by atoms with Gasteiger partial charge in [0.15, 0.2) is 0 Å². The Morgan fingerprint density at radius 3 is 2.20 bits per heavy atom. The molecule has 0 aromatic heterocycles. The number of quaternary nitrogens is 1. The van der Waals surface area contributed by atoms with Gasteiger partial charge in [0.25, 0.3) is 0 Å². The van der Waals surface area contributed by atoms with Gasteiger partial charge in [0, 0.05) is 0 Å². The zero-order valence-corrected chi connectivity index (χ0v) is 4.87. The Balaban J connectivity index is 2.99. The second-order valence-electron chi connectivity index (χ2n) is 1.74. The van der Waals surface area contributed by atoms with Crippen LogP contribution in [-0.4, -0.2) is 16.3 Å². The molecular weight excluding hydrogens is 140 g/mol. The van der Waals surface area contributed by atoms with Crippen molar-refractivity contribution in [2.45, 2.75) is 0 Å². The van der Waals surface area contributed by atoms with E-state index in [2.05, 4.69) is 0 Å². The number of hydrogen-bond donors (Lipinski definition) is 4. The van der Waals surface area contributed by atoms with Crippen molar-refractivity contribution in [3.8, 4) is 0 Å². The summed E-state index contributed by atoms with van der Waals surface area (Å²) in [5.74, 6) is -0.817. The van der Waals surface area contributed by atoms with E-state index in [1.165, 1.54) is 0 Å². The molecule has 10 heavy (non-hydrogen) atoms. The number of nitrogens with two attached hydrogens (primary N) is 2. The summed E-state index contributed by atoms with van der Waals surface area (Å²) >= 11 is 0. The summed E-state index contributed by atoms with van der Waals surface area (Å²) in [6, 6.07) is -1.12. The molecule has 1 atom stereocenters. The molecule has 7 nitrogen and oxygen atoms in total. The van der Waals surface area contributed by atoms with Crippen molar-refractivity contribution in [3.05, 3.63) is 16.8 Å². The maximum atomic E-state index is 10.5. The highest BCUT2D eigenvalue weighted by Crippen LogP contribution is 1.97. The Morgan fingerprint density at radius 2 is 2.10 bits per heavy atom. The largest absolute Gasteiger partial charge is 0.619 e. The topological polar surface area (TPSA) is 120 Å². The van der Waals surface area contributed by atoms with Gasteiger partial charge in [-0.05, 0) is 0 Å². The van der Waals surface area contributed by atoms with Gasteiger partial charge in [-0.2, -0.15) is 0 Å². The minimum Gasteiger partial charge on any atom is -0.619 e. The first kappa shape index (κ1) is 6.81. The lowest BCUT2D eigenvalue weighted by Crippen LogP contribution is -3.08. The SMILES string of the molecule is NC1=C(N)[NH+]([O-])C(=O)N1O. The molecule has 0 aromatic rings. The third-order valence-corrected chi connectivity index (χ3v) is 1.14. The number of nitrogens with one attached hydrogen (secondary N) is 1. The predicted octanol–water partition coefficient (Wildman–Crippen LogP) is -2.76. The number of urea groups is 1. The number of carbonyl (C=O) groups is 1. The molecule has 1 unspecified atom stereocenters. The highest BCUT2D eigenvalue weighted by atomic mass is 16.6. The Morgan fingerprint density at radius 1 is 1.60 bits per heavy atom. The Hall–Kier alpha value is -1.31. The minimum absolute atomic E-state index is 0.0255. The molecule has 1 aliphatic rings. The monoisotopic (exact) mass is 146 g/mol. The van der Waals surface area contributed by atoms with Gasteiger partial charge in [-0.3, -0.25) is 5.21 Å². The molecule has 1 aliphatic heterocycles. The lowest BCUT2D eigenvalue weighted by Gasteiger charge is -2.10. The lowest BCUT2D eigenvalue weighted by molar-refractivity contribution is -0.714. The van der Waals surface area contributed by atoms with Crippen LogP contribution in [0.1, 0.15) is 0 Å². The van der Waals surface area contributed by atoms with Crippen LogP contribution in [0.4, 0.5) is 4.79 Å². The fourth-order valence-corrected chi connectivity index (χ4v) is 0.551. The maximum absolute atomic E-state index is 10.5. The summed E-state index contributed by atoms with van der Waals surface area (Å²) in [4.78, 5) is 10.5. The molecule has 0 spiro atoms. The van der Waals surface area contributed by atoms with E-state index in [-0.39, 0.29) is 5.06 Å². The lowest BCUT2D eigenvalue weighted by atomic mass is 10.7. The van der Waals surface area contributed by atoms with Gasteiger partial charge < -0.3 is 16.7 Å². The number of nitrogens with zero attached hydrogens (tertiary/aromatic N) is 1. The van der Waals surface area contributed by atoms with Crippen LogP contribution in [0.15, 0.2) is 11.6 Å². The molecule has 0 saturated heterocycles. The van der Waals surface area contributed by atoms with Crippen LogP contribution in [0.5, 0.6) is 0 Å². The number of hydrogen-bond acceptors (Lipinski definition) is 5. The van der Waals surface area contributed by atoms with Crippen LogP contribution in [0, 0.1) is 5.21 Å². The highest BCUT2D eigenvalue weighted by molar-refractivity contribution is 5.69. The van der Waals surface area contributed by atoms with Crippen molar-refractivity contribution in [1.29, 1.82) is 0 Å². The summed E-state index contributed by atoms with van der Waals surface area (Å²) in [5, 5.41) is 18.2. The Kier molecular flexibility index (Phi) is 1.25. The molecule has 0 bridgehead atoms. The van der Waals surface area contributed by atoms with E-state index in [1.807, 2.05) is 0 Å². The number of carbonyl (C=O) groups excluding carboxylic acids is 1. The molecule has 0 fully saturated rings. The summed E-state index contributed by atoms with van der Waals surface area (Å²) in [6.07, 6.45) is 0. The number of hydroxylamine groups is 4. The molecule has 2 amide bonds. The van der Waals surface area contributed by atoms with Gasteiger partial charge in [-0.25, -0.2) is 9.86 Å². The van der Waals surface area contributed by atoms with Gasteiger partial charge in [0.2, 0.25) is 11.6 Å². The molecule has 56 valence electrons. The van der Waals surface area contributed by atoms with Crippen molar-refractivity contribution in [3.63, 3.8) is 0 Å². The average molecular weight is 146 g/mol. The van der Waals surface area contributed by atoms with Gasteiger partial charge in [0.05, 0.1) is 0 Å². The molecule has 6 N–H and O–H groups in total. The smallest absolute Gasteiger partial charge is 0.453 e. The first-order valence-electron chi connectivity index (χ1n) is 2.38. The predicted molar refractivity (Wildman–Crippen MR) is 28.8 cm³/mol. The Labute approximate surface area is 55.6 Å². The van der Waals surface area contributed by atoms with Crippen LogP contribution in [0.3, 0.4) is 0 Å². The molecule has 0 aromatic carbocycles. The zero-order valence-electron chi connectivity index (χ0n) is 4.87. The van der Waals surface area contributed by atoms with Gasteiger partial charge in [-0.1, -0.05) is 0 Å². The van der Waals surface area contributed by atoms with Crippen molar-refractivity contribution < 1.29 is 15.1 Å². The van der Waals surface area contributed by atoms with Gasteiger partial charge >= 0.3 is 6.03 Å². The van der Waals surface area contributed by atoms with Crippen LogP contribution >= 0.6 is 0 Å². The number of rotatable bonds is 0. The van der Waals surface area contributed by atoms with E-state index >= 15 is 0 Å². The van der Waals surface area contributed by atoms with E-state index in [9.17, 15) is 10.0 Å². The standard InChI is InChI=1S/C3H6N4O3/c4-1-2(5)7(10)3(8)6(1)9/h6,10H,4-5H2. The summed E-state index contributed by atoms with van der Waals surface area (Å²) < 4.78 is 0. The zero-order chi connectivity index (χ0) is 7.89. The molecule has 0 radical (unpaired) electrons. The van der Waals surface area contributed by atoms with E-state index in [4.69, 9.17) is 16.7 Å². The summed E-state index contributed by atoms with van der Waals surface area (Å²) in [5.41, 5.74) is 9.98. The summed E-state index contributed by atoms with van der Waals surface area (Å²) in [6.45, 7) is 0. The first-order chi connectivity index (χ1) is 4.55. The molecule has 7 heteroatoms. The molecule has 1 heterocycles. The third kappa shape index (κ3) is 0.620. The summed E-state index contributed by atoms with van der Waals surface area (Å²) in [7, 11) is 0. The van der Waals surface area contributed by atoms with Gasteiger partial charge in [0.1, 0.15) is 0 Å². The molecule has 0 aliphatic carbocycles. The normalized spacial score (nSPS) is 26.4. The van der Waals surface area contributed by atoms with Crippen LogP contribution < -0.4 is 16.5 Å². The van der Waals surface area contributed by atoms with Crippen molar-refractivity contribution >= 4 is 6.03 Å². The maximum Gasteiger partial charge on any atom is 0.453 e. The molecular formula is C3H6N4O3. The highest BCUT2D eigenvalue weighted by Gasteiger charge is 2.35. The third-order valence-electron chi connectivity index (χ3n) is 1.14. The number of amides is 2. The van der Waals surface area contributed by atoms with Crippen LogP contribution in [0.2, 0.25) is 0 Å².